The van der Waals surface area contributed by atoms with Crippen LogP contribution in [-0.4, -0.2) is 70.7 Å². The number of fused-ring (bicyclic) bond motifs is 1. The normalized spacial score (nSPS) is 36.1. The maximum atomic E-state index is 13.4. The Kier molecular flexibility index (Phi) is 10.2. The van der Waals surface area contributed by atoms with Gasteiger partial charge in [0.25, 0.3) is 5.91 Å². The van der Waals surface area contributed by atoms with E-state index in [0.29, 0.717) is 43.6 Å². The van der Waals surface area contributed by atoms with E-state index in [0.717, 1.165) is 60.3 Å². The van der Waals surface area contributed by atoms with Crippen LogP contribution >= 0.6 is 0 Å². The zero-order valence-corrected chi connectivity index (χ0v) is 28.1. The standard InChI is InChI=1S/C38H55NO6/c1-24(17-29-23-38(4,43)36(42)39(29)16-8-9-26-18-31(44-5)22-32(19-26)45-6)33-13-14-34-27(10-7-15-37(33,34)3)11-12-28-20-30(40)21-35(41)25(28)2/h11-12,18-19,22,24,29-30,33-35,40-41,43H,2,7-10,13-17,20-21,23H2,1,3-6H3/b27-11+,28-12-/t24-,29+,30-,33-,34+,35+,37-,38-/m1/s1. The van der Waals surface area contributed by atoms with E-state index in [9.17, 15) is 20.1 Å². The molecule has 248 valence electrons. The first-order valence-corrected chi connectivity index (χ1v) is 17.1. The number of carbonyl (C=O) groups excluding carboxylic acids is 1. The summed E-state index contributed by atoms with van der Waals surface area (Å²) in [7, 11) is 3.30. The number of ether oxygens (including phenoxy) is 2. The number of methoxy groups -OCH3 is 2. The number of aliphatic hydroxyl groups excluding tert-OH is 2. The number of benzene rings is 1. The largest absolute Gasteiger partial charge is 0.497 e. The number of hydrogen-bond donors (Lipinski definition) is 3. The van der Waals surface area contributed by atoms with Gasteiger partial charge in [0.15, 0.2) is 0 Å². The Morgan fingerprint density at radius 2 is 1.82 bits per heavy atom. The molecule has 1 heterocycles. The van der Waals surface area contributed by atoms with Crippen molar-refractivity contribution >= 4 is 5.91 Å². The molecule has 0 radical (unpaired) electrons. The van der Waals surface area contributed by atoms with Gasteiger partial charge < -0.3 is 29.7 Å². The highest BCUT2D eigenvalue weighted by Gasteiger charge is 2.53. The number of allylic oxidation sites excluding steroid dienone is 3. The average molecular weight is 622 g/mol. The molecule has 3 N–H and O–H groups in total. The predicted molar refractivity (Wildman–Crippen MR) is 177 cm³/mol. The molecule has 3 saturated carbocycles. The third-order valence-electron chi connectivity index (χ3n) is 11.7. The predicted octanol–water partition coefficient (Wildman–Crippen LogP) is 6.16. The molecule has 0 unspecified atom stereocenters. The first-order valence-electron chi connectivity index (χ1n) is 17.1. The van der Waals surface area contributed by atoms with Gasteiger partial charge in [0.1, 0.15) is 17.1 Å². The molecule has 1 amide bonds. The third-order valence-corrected chi connectivity index (χ3v) is 11.7. The van der Waals surface area contributed by atoms with E-state index in [1.165, 1.54) is 24.8 Å². The maximum Gasteiger partial charge on any atom is 0.254 e. The highest BCUT2D eigenvalue weighted by atomic mass is 16.5. The number of amides is 1. The van der Waals surface area contributed by atoms with Crippen molar-refractivity contribution in [3.05, 3.63) is 59.2 Å². The number of aryl methyl sites for hydroxylation is 1. The molecule has 7 heteroatoms. The summed E-state index contributed by atoms with van der Waals surface area (Å²) in [6.07, 6.45) is 12.9. The molecule has 1 aromatic rings. The number of carbonyl (C=O) groups is 1. The zero-order valence-electron chi connectivity index (χ0n) is 28.1. The van der Waals surface area contributed by atoms with Crippen LogP contribution in [0.3, 0.4) is 0 Å². The number of rotatable bonds is 10. The summed E-state index contributed by atoms with van der Waals surface area (Å²) in [5.41, 5.74) is 3.19. The molecule has 4 aliphatic rings. The first kappa shape index (κ1) is 33.7. The third kappa shape index (κ3) is 7.06. The van der Waals surface area contributed by atoms with Crippen molar-refractivity contribution in [2.75, 3.05) is 20.8 Å². The summed E-state index contributed by atoms with van der Waals surface area (Å²) in [6.45, 7) is 11.2. The van der Waals surface area contributed by atoms with E-state index in [-0.39, 0.29) is 17.4 Å². The van der Waals surface area contributed by atoms with Gasteiger partial charge in [0.2, 0.25) is 0 Å². The number of likely N-dealkylation sites (tertiary alicyclic amines) is 1. The molecule has 5 rings (SSSR count). The second-order valence-corrected chi connectivity index (χ2v) is 14.8. The molecule has 1 aliphatic heterocycles. The monoisotopic (exact) mass is 621 g/mol. The van der Waals surface area contributed by atoms with E-state index in [1.54, 1.807) is 21.1 Å². The van der Waals surface area contributed by atoms with Crippen LogP contribution in [0.1, 0.15) is 90.5 Å². The fourth-order valence-electron chi connectivity index (χ4n) is 9.36. The van der Waals surface area contributed by atoms with Crippen molar-refractivity contribution in [3.8, 4) is 11.5 Å². The fourth-order valence-corrected chi connectivity index (χ4v) is 9.36. The van der Waals surface area contributed by atoms with Crippen molar-refractivity contribution in [1.29, 1.82) is 0 Å². The van der Waals surface area contributed by atoms with Crippen molar-refractivity contribution < 1.29 is 29.6 Å². The van der Waals surface area contributed by atoms with E-state index < -0.39 is 17.8 Å². The van der Waals surface area contributed by atoms with E-state index >= 15 is 0 Å². The number of nitrogens with zero attached hydrogens (tertiary/aromatic N) is 1. The lowest BCUT2D eigenvalue weighted by atomic mass is 9.60. The second kappa shape index (κ2) is 13.6. The molecule has 3 aliphatic carbocycles. The molecular weight excluding hydrogens is 566 g/mol. The summed E-state index contributed by atoms with van der Waals surface area (Å²) in [6, 6.07) is 5.93. The Labute approximate surface area is 270 Å². The molecule has 0 spiro atoms. The Balaban J connectivity index is 1.25. The molecule has 1 aromatic carbocycles. The molecule has 0 bridgehead atoms. The number of hydrogen-bond acceptors (Lipinski definition) is 6. The van der Waals surface area contributed by atoms with Gasteiger partial charge in [-0.15, -0.1) is 0 Å². The van der Waals surface area contributed by atoms with Crippen molar-refractivity contribution in [2.45, 2.75) is 115 Å². The minimum atomic E-state index is -1.32. The van der Waals surface area contributed by atoms with Gasteiger partial charge in [-0.2, -0.15) is 0 Å². The van der Waals surface area contributed by atoms with Gasteiger partial charge in [-0.25, -0.2) is 0 Å². The van der Waals surface area contributed by atoms with E-state index in [1.807, 2.05) is 23.1 Å². The van der Waals surface area contributed by atoms with Gasteiger partial charge in [-0.3, -0.25) is 4.79 Å². The van der Waals surface area contributed by atoms with Crippen LogP contribution in [0.4, 0.5) is 0 Å². The lowest BCUT2D eigenvalue weighted by Crippen LogP contribution is -2.41. The van der Waals surface area contributed by atoms with Crippen LogP contribution in [0.5, 0.6) is 11.5 Å². The van der Waals surface area contributed by atoms with Crippen LogP contribution in [-0.2, 0) is 11.2 Å². The first-order chi connectivity index (χ1) is 21.4. The van der Waals surface area contributed by atoms with Crippen molar-refractivity contribution in [2.24, 2.45) is 23.2 Å². The smallest absolute Gasteiger partial charge is 0.254 e. The van der Waals surface area contributed by atoms with Crippen LogP contribution in [0.25, 0.3) is 0 Å². The molecule has 7 nitrogen and oxygen atoms in total. The molecule has 8 atom stereocenters. The lowest BCUT2D eigenvalue weighted by Gasteiger charge is -2.45. The molecule has 45 heavy (non-hydrogen) atoms. The van der Waals surface area contributed by atoms with Gasteiger partial charge in [-0.05, 0) is 117 Å². The lowest BCUT2D eigenvalue weighted by molar-refractivity contribution is -0.142. The van der Waals surface area contributed by atoms with Gasteiger partial charge in [0, 0.05) is 31.5 Å². The van der Waals surface area contributed by atoms with Crippen molar-refractivity contribution in [1.82, 2.24) is 4.90 Å². The molecule has 4 fully saturated rings. The van der Waals surface area contributed by atoms with Gasteiger partial charge in [-0.1, -0.05) is 38.2 Å². The van der Waals surface area contributed by atoms with Gasteiger partial charge >= 0.3 is 0 Å². The second-order valence-electron chi connectivity index (χ2n) is 14.8. The van der Waals surface area contributed by atoms with Crippen LogP contribution in [0, 0.1) is 23.2 Å². The zero-order chi connectivity index (χ0) is 32.5. The minimum Gasteiger partial charge on any atom is -0.497 e. The molecular formula is C38H55NO6. The molecule has 0 aromatic heterocycles. The van der Waals surface area contributed by atoms with Crippen molar-refractivity contribution in [3.63, 3.8) is 0 Å². The summed E-state index contributed by atoms with van der Waals surface area (Å²) in [4.78, 5) is 15.3. The minimum absolute atomic E-state index is 0.0310. The maximum absolute atomic E-state index is 13.4. The quantitative estimate of drug-likeness (QED) is 0.290. The van der Waals surface area contributed by atoms with E-state index in [4.69, 9.17) is 9.47 Å². The topological polar surface area (TPSA) is 99.5 Å². The van der Waals surface area contributed by atoms with Gasteiger partial charge in [0.05, 0.1) is 26.4 Å². The Hall–Kier alpha value is -2.61. The fraction of sp³-hybridized carbons (Fsp3) is 0.658. The highest BCUT2D eigenvalue weighted by molar-refractivity contribution is 5.87. The van der Waals surface area contributed by atoms with Crippen LogP contribution in [0.15, 0.2) is 53.6 Å². The van der Waals surface area contributed by atoms with Crippen LogP contribution < -0.4 is 9.47 Å². The highest BCUT2D eigenvalue weighted by Crippen LogP contribution is 2.60. The van der Waals surface area contributed by atoms with Crippen LogP contribution in [0.2, 0.25) is 0 Å². The summed E-state index contributed by atoms with van der Waals surface area (Å²) in [5, 5.41) is 31.5. The average Bonchev–Trinajstić information content (AvgIpc) is 3.46. The summed E-state index contributed by atoms with van der Waals surface area (Å²) >= 11 is 0. The summed E-state index contributed by atoms with van der Waals surface area (Å²) in [5.74, 6) is 2.88. The molecule has 1 saturated heterocycles. The summed E-state index contributed by atoms with van der Waals surface area (Å²) < 4.78 is 10.9. The van der Waals surface area contributed by atoms with E-state index in [2.05, 4.69) is 32.6 Å². The Morgan fingerprint density at radius 1 is 1.11 bits per heavy atom. The number of aliphatic hydroxyl groups is 3. The Bertz CT molecular complexity index is 1290. The Morgan fingerprint density at radius 3 is 2.51 bits per heavy atom. The SMILES string of the molecule is C=C1/C(=C\C=C2/CCC[C@]3(C)[C@@H]([C@H](C)C[C@H]4C[C@@](C)(O)C(=O)N4CCCc4cc(OC)cc(OC)c4)CC[C@@H]23)C[C@@H](O)C[C@@H]1O.